The maximum absolute atomic E-state index is 14.0. The summed E-state index contributed by atoms with van der Waals surface area (Å²) in [6, 6.07) is 40.4. The maximum Gasteiger partial charge on any atom is 0.260 e. The Morgan fingerprint density at radius 3 is 1.87 bits per heavy atom. The molecule has 0 saturated heterocycles. The van der Waals surface area contributed by atoms with Gasteiger partial charge in [-0.2, -0.15) is 0 Å². The van der Waals surface area contributed by atoms with Crippen molar-refractivity contribution >= 4 is 32.6 Å². The summed E-state index contributed by atoms with van der Waals surface area (Å²) in [6.45, 7) is 0.0833. The highest BCUT2D eigenvalue weighted by Crippen LogP contribution is 2.41. The molecule has 0 unspecified atom stereocenters. The Morgan fingerprint density at radius 1 is 0.733 bits per heavy atom. The van der Waals surface area contributed by atoms with Gasteiger partial charge >= 0.3 is 0 Å². The summed E-state index contributed by atoms with van der Waals surface area (Å²) in [5, 5.41) is 0.389. The van der Waals surface area contributed by atoms with Crippen LogP contribution in [0, 0.1) is 11.6 Å². The average Bonchev–Trinajstić information content (AvgIpc) is 3.73. The molecule has 0 aliphatic heterocycles. The summed E-state index contributed by atoms with van der Waals surface area (Å²) in [4.78, 5) is 24.9. The molecule has 0 aliphatic carbocycles. The second-order valence-electron chi connectivity index (χ2n) is 10.6. The van der Waals surface area contributed by atoms with E-state index in [1.54, 1.807) is 12.4 Å². The number of carbonyl (C=O) groups is 1. The first-order valence-corrected chi connectivity index (χ1v) is 15.2. The summed E-state index contributed by atoms with van der Waals surface area (Å²) >= 11 is 1.21. The molecule has 0 N–H and O–H groups in total. The van der Waals surface area contributed by atoms with Crippen LogP contribution in [0.1, 0.15) is 32.7 Å². The predicted molar refractivity (Wildman–Crippen MR) is 173 cm³/mol. The van der Waals surface area contributed by atoms with Gasteiger partial charge in [0, 0.05) is 11.8 Å². The number of imidazole rings is 1. The third kappa shape index (κ3) is 5.30. The smallest absolute Gasteiger partial charge is 0.260 e. The quantitative estimate of drug-likeness (QED) is 0.162. The van der Waals surface area contributed by atoms with Gasteiger partial charge < -0.3 is 4.57 Å². The highest BCUT2D eigenvalue weighted by atomic mass is 32.1. The highest BCUT2D eigenvalue weighted by Gasteiger charge is 2.38. The van der Waals surface area contributed by atoms with Crippen molar-refractivity contribution in [1.29, 1.82) is 0 Å². The molecule has 2 aromatic heterocycles. The number of anilines is 1. The van der Waals surface area contributed by atoms with E-state index in [4.69, 9.17) is 4.98 Å². The fraction of sp³-hybridized carbons (Fsp3) is 0.0541. The lowest BCUT2D eigenvalue weighted by Crippen LogP contribution is -2.37. The van der Waals surface area contributed by atoms with Crippen LogP contribution in [0.4, 0.5) is 13.9 Å². The second-order valence-corrected chi connectivity index (χ2v) is 11.6. The predicted octanol–water partition coefficient (Wildman–Crippen LogP) is 8.46. The van der Waals surface area contributed by atoms with Gasteiger partial charge in [-0.15, -0.1) is 0 Å². The van der Waals surface area contributed by atoms with Gasteiger partial charge in [-0.3, -0.25) is 9.69 Å². The van der Waals surface area contributed by atoms with Gasteiger partial charge in [0.15, 0.2) is 5.13 Å². The number of halogens is 2. The lowest BCUT2D eigenvalue weighted by atomic mass is 9.77. The number of benzene rings is 5. The lowest BCUT2D eigenvalue weighted by Gasteiger charge is -2.37. The summed E-state index contributed by atoms with van der Waals surface area (Å²) in [7, 11) is 0. The third-order valence-corrected chi connectivity index (χ3v) is 8.87. The van der Waals surface area contributed by atoms with Crippen LogP contribution in [0.25, 0.3) is 10.2 Å². The molecule has 45 heavy (non-hydrogen) atoms. The first-order chi connectivity index (χ1) is 22.0. The Balaban J connectivity index is 1.36. The minimum absolute atomic E-state index is 0.0833. The molecule has 0 saturated carbocycles. The van der Waals surface area contributed by atoms with E-state index in [0.717, 1.165) is 16.7 Å². The van der Waals surface area contributed by atoms with Gasteiger partial charge in [-0.05, 0) is 59.2 Å². The largest absolute Gasteiger partial charge is 0.319 e. The van der Waals surface area contributed by atoms with E-state index in [-0.39, 0.29) is 18.3 Å². The molecule has 220 valence electrons. The molecule has 0 aliphatic rings. The molecule has 0 atom stereocenters. The van der Waals surface area contributed by atoms with E-state index >= 15 is 0 Å². The van der Waals surface area contributed by atoms with Crippen molar-refractivity contribution in [1.82, 2.24) is 14.5 Å². The molecule has 0 spiro atoms. The van der Waals surface area contributed by atoms with Crippen molar-refractivity contribution in [3.63, 3.8) is 0 Å². The number of hydrogen-bond donors (Lipinski definition) is 0. The standard InChI is InChI=1S/C37H26F2N4OS/c38-30-18-16-26(17-19-30)35(44)43(36-41-33-21-20-31(39)22-34(33)45-36)24-32-23-42(25-40-32)37(27-10-4-1-5-11-27,28-12-6-2-7-13-28)29-14-8-3-9-15-29/h1-23,25H,24H2. The van der Waals surface area contributed by atoms with Gasteiger partial charge in [0.25, 0.3) is 5.91 Å². The van der Waals surface area contributed by atoms with E-state index in [2.05, 4.69) is 45.9 Å². The third-order valence-electron chi connectivity index (χ3n) is 7.82. The molecular formula is C37H26F2N4OS. The minimum Gasteiger partial charge on any atom is -0.319 e. The number of hydrogen-bond acceptors (Lipinski definition) is 4. The van der Waals surface area contributed by atoms with Crippen LogP contribution in [0.15, 0.2) is 146 Å². The first kappa shape index (κ1) is 28.3. The maximum atomic E-state index is 14.0. The Bertz CT molecular complexity index is 1980. The fourth-order valence-corrected chi connectivity index (χ4v) is 6.74. The molecule has 7 aromatic rings. The summed E-state index contributed by atoms with van der Waals surface area (Å²) in [6.07, 6.45) is 3.74. The van der Waals surface area contributed by atoms with E-state index in [1.165, 1.54) is 52.6 Å². The zero-order valence-corrected chi connectivity index (χ0v) is 24.7. The number of carbonyl (C=O) groups excluding carboxylic acids is 1. The molecule has 1 amide bonds. The van der Waals surface area contributed by atoms with Crippen molar-refractivity contribution in [2.24, 2.45) is 0 Å². The SMILES string of the molecule is O=C(c1ccc(F)cc1)N(Cc1cn(C(c2ccccc2)(c2ccccc2)c2ccccc2)cn1)c1nc2ccc(F)cc2s1. The van der Waals surface area contributed by atoms with E-state index in [1.807, 2.05) is 60.8 Å². The van der Waals surface area contributed by atoms with Crippen LogP contribution in [0.2, 0.25) is 0 Å². The van der Waals surface area contributed by atoms with Crippen molar-refractivity contribution in [2.75, 3.05) is 4.90 Å². The summed E-state index contributed by atoms with van der Waals surface area (Å²) in [5.74, 6) is -1.19. The molecule has 5 aromatic carbocycles. The van der Waals surface area contributed by atoms with Crippen molar-refractivity contribution in [3.05, 3.63) is 186 Å². The zero-order chi connectivity index (χ0) is 30.8. The molecule has 7 rings (SSSR count). The molecule has 0 radical (unpaired) electrons. The van der Waals surface area contributed by atoms with E-state index < -0.39 is 11.4 Å². The van der Waals surface area contributed by atoms with Crippen LogP contribution in [0.3, 0.4) is 0 Å². The van der Waals surface area contributed by atoms with Gasteiger partial charge in [0.1, 0.15) is 17.2 Å². The molecule has 0 fully saturated rings. The van der Waals surface area contributed by atoms with Crippen LogP contribution >= 0.6 is 11.3 Å². The van der Waals surface area contributed by atoms with E-state index in [0.29, 0.717) is 26.6 Å². The zero-order valence-electron chi connectivity index (χ0n) is 23.9. The van der Waals surface area contributed by atoms with Crippen LogP contribution in [-0.4, -0.2) is 20.4 Å². The van der Waals surface area contributed by atoms with E-state index in [9.17, 15) is 13.6 Å². The normalized spacial score (nSPS) is 11.5. The Hall–Kier alpha value is -5.47. The molecule has 2 heterocycles. The van der Waals surface area contributed by atoms with Crippen molar-refractivity contribution in [3.8, 4) is 0 Å². The van der Waals surface area contributed by atoms with Gasteiger partial charge in [0.2, 0.25) is 0 Å². The van der Waals surface area contributed by atoms with Gasteiger partial charge in [-0.25, -0.2) is 18.7 Å². The summed E-state index contributed by atoms with van der Waals surface area (Å²) < 4.78 is 30.5. The Kier molecular flexibility index (Phi) is 7.49. The molecule has 0 bridgehead atoms. The second kappa shape index (κ2) is 11.9. The summed E-state index contributed by atoms with van der Waals surface area (Å²) in [5.41, 5.74) is 3.84. The fourth-order valence-electron chi connectivity index (χ4n) is 5.75. The highest BCUT2D eigenvalue weighted by molar-refractivity contribution is 7.22. The van der Waals surface area contributed by atoms with Crippen LogP contribution in [-0.2, 0) is 12.1 Å². The van der Waals surface area contributed by atoms with Gasteiger partial charge in [-0.1, -0.05) is 102 Å². The number of rotatable bonds is 8. The minimum atomic E-state index is -0.770. The number of amides is 1. The number of nitrogens with zero attached hydrogens (tertiary/aromatic N) is 4. The van der Waals surface area contributed by atoms with Crippen LogP contribution in [0.5, 0.6) is 0 Å². The van der Waals surface area contributed by atoms with Crippen molar-refractivity contribution in [2.45, 2.75) is 12.1 Å². The lowest BCUT2D eigenvalue weighted by molar-refractivity contribution is 0.0984. The first-order valence-electron chi connectivity index (χ1n) is 14.4. The Labute approximate surface area is 262 Å². The van der Waals surface area contributed by atoms with Crippen LogP contribution < -0.4 is 4.90 Å². The number of thiazole rings is 1. The monoisotopic (exact) mass is 612 g/mol. The average molecular weight is 613 g/mol. The number of aromatic nitrogens is 3. The molecular weight excluding hydrogens is 586 g/mol. The van der Waals surface area contributed by atoms with Crippen molar-refractivity contribution < 1.29 is 13.6 Å². The van der Waals surface area contributed by atoms with Gasteiger partial charge in [0.05, 0.1) is 28.8 Å². The molecule has 8 heteroatoms. The topological polar surface area (TPSA) is 51.0 Å². The number of fused-ring (bicyclic) bond motifs is 1. The molecule has 5 nitrogen and oxygen atoms in total. The Morgan fingerprint density at radius 2 is 1.29 bits per heavy atom.